The molecule has 0 aromatic heterocycles. The van der Waals surface area contributed by atoms with Gasteiger partial charge in [-0.1, -0.05) is 31.4 Å². The molecule has 3 atom stereocenters. The minimum absolute atomic E-state index is 0.209. The minimum atomic E-state index is -0.219. The maximum atomic E-state index is 10.2. The van der Waals surface area contributed by atoms with Crippen molar-refractivity contribution in [2.75, 3.05) is 0 Å². The Morgan fingerprint density at radius 1 is 1.05 bits per heavy atom. The summed E-state index contributed by atoms with van der Waals surface area (Å²) >= 11 is 0. The molecule has 1 saturated carbocycles. The van der Waals surface area contributed by atoms with Crippen LogP contribution in [0.15, 0.2) is 18.2 Å². The largest absolute Gasteiger partial charge is 0.508 e. The lowest BCUT2D eigenvalue weighted by Crippen LogP contribution is -2.40. The zero-order chi connectivity index (χ0) is 13.2. The highest BCUT2D eigenvalue weighted by molar-refractivity contribution is 5.44. The fourth-order valence-corrected chi connectivity index (χ4v) is 3.55. The minimum Gasteiger partial charge on any atom is -0.508 e. The van der Waals surface area contributed by atoms with Gasteiger partial charge in [0.15, 0.2) is 0 Å². The molecule has 1 fully saturated rings. The molecule has 0 radical (unpaired) electrons. The van der Waals surface area contributed by atoms with Crippen LogP contribution < -0.4 is 5.32 Å². The van der Waals surface area contributed by atoms with E-state index in [4.69, 9.17) is 0 Å². The number of rotatable bonds is 2. The first-order valence-corrected chi connectivity index (χ1v) is 7.50. The van der Waals surface area contributed by atoms with Gasteiger partial charge in [0.1, 0.15) is 5.75 Å². The molecule has 104 valence electrons. The van der Waals surface area contributed by atoms with E-state index >= 15 is 0 Å². The Hall–Kier alpha value is -1.06. The van der Waals surface area contributed by atoms with Gasteiger partial charge in [-0.3, -0.25) is 0 Å². The fraction of sp³-hybridized carbons (Fsp3) is 0.625. The summed E-state index contributed by atoms with van der Waals surface area (Å²) in [6.45, 7) is 0. The third kappa shape index (κ3) is 2.63. The molecule has 3 N–H and O–H groups in total. The number of fused-ring (bicyclic) bond motifs is 1. The van der Waals surface area contributed by atoms with E-state index in [1.807, 2.05) is 6.07 Å². The van der Waals surface area contributed by atoms with Crippen LogP contribution in [0, 0.1) is 0 Å². The molecule has 1 aromatic carbocycles. The smallest absolute Gasteiger partial charge is 0.119 e. The monoisotopic (exact) mass is 261 g/mol. The summed E-state index contributed by atoms with van der Waals surface area (Å²) in [4.78, 5) is 0. The van der Waals surface area contributed by atoms with Crippen molar-refractivity contribution in [1.29, 1.82) is 0 Å². The third-order valence-electron chi connectivity index (χ3n) is 4.64. The van der Waals surface area contributed by atoms with Crippen LogP contribution in [-0.2, 0) is 6.42 Å². The summed E-state index contributed by atoms with van der Waals surface area (Å²) < 4.78 is 0. The summed E-state index contributed by atoms with van der Waals surface area (Å²) in [6.07, 6.45) is 7.29. The van der Waals surface area contributed by atoms with E-state index in [1.54, 1.807) is 6.07 Å². The lowest BCUT2D eigenvalue weighted by Gasteiger charge is -2.26. The standard InChI is InChI=1S/C16H23NO2/c18-15-8-4-5-11-12(15)9-10-13(11)17-14-6-2-1-3-7-16(14)19/h4-5,8,13-14,16-19H,1-3,6-7,9-10H2. The summed E-state index contributed by atoms with van der Waals surface area (Å²) in [6, 6.07) is 6.28. The molecule has 0 amide bonds. The fourth-order valence-electron chi connectivity index (χ4n) is 3.55. The summed E-state index contributed by atoms with van der Waals surface area (Å²) in [5, 5.41) is 23.7. The van der Waals surface area contributed by atoms with Gasteiger partial charge in [-0.2, -0.15) is 0 Å². The number of nitrogens with one attached hydrogen (secondary N) is 1. The van der Waals surface area contributed by atoms with E-state index in [0.717, 1.165) is 37.7 Å². The second kappa shape index (κ2) is 5.51. The van der Waals surface area contributed by atoms with E-state index in [1.165, 1.54) is 18.4 Å². The van der Waals surface area contributed by atoms with Crippen LogP contribution in [0.4, 0.5) is 0 Å². The van der Waals surface area contributed by atoms with E-state index in [-0.39, 0.29) is 12.1 Å². The van der Waals surface area contributed by atoms with Crippen molar-refractivity contribution in [3.63, 3.8) is 0 Å². The van der Waals surface area contributed by atoms with Crippen molar-refractivity contribution in [3.8, 4) is 5.75 Å². The quantitative estimate of drug-likeness (QED) is 0.717. The number of aromatic hydroxyl groups is 1. The number of hydrogen-bond acceptors (Lipinski definition) is 3. The van der Waals surface area contributed by atoms with E-state index in [2.05, 4.69) is 11.4 Å². The lowest BCUT2D eigenvalue weighted by atomic mass is 10.0. The lowest BCUT2D eigenvalue weighted by molar-refractivity contribution is 0.113. The molecule has 0 saturated heterocycles. The summed E-state index contributed by atoms with van der Waals surface area (Å²) in [5.74, 6) is 0.420. The third-order valence-corrected chi connectivity index (χ3v) is 4.64. The number of aliphatic hydroxyl groups excluding tert-OH is 1. The summed E-state index contributed by atoms with van der Waals surface area (Å²) in [5.41, 5.74) is 2.31. The number of benzene rings is 1. The second-order valence-corrected chi connectivity index (χ2v) is 5.91. The van der Waals surface area contributed by atoms with Crippen molar-refractivity contribution in [2.24, 2.45) is 0 Å². The van der Waals surface area contributed by atoms with Crippen LogP contribution in [0.25, 0.3) is 0 Å². The van der Waals surface area contributed by atoms with Gasteiger partial charge < -0.3 is 15.5 Å². The number of phenols is 1. The molecule has 0 heterocycles. The van der Waals surface area contributed by atoms with Gasteiger partial charge in [0.05, 0.1) is 6.10 Å². The van der Waals surface area contributed by atoms with Crippen LogP contribution >= 0.6 is 0 Å². The van der Waals surface area contributed by atoms with Crippen molar-refractivity contribution in [2.45, 2.75) is 63.1 Å². The Labute approximate surface area is 114 Å². The SMILES string of the molecule is Oc1cccc2c1CCC2NC1CCCCCC1O. The highest BCUT2D eigenvalue weighted by atomic mass is 16.3. The highest BCUT2D eigenvalue weighted by Crippen LogP contribution is 2.37. The van der Waals surface area contributed by atoms with E-state index < -0.39 is 0 Å². The number of aliphatic hydroxyl groups is 1. The zero-order valence-corrected chi connectivity index (χ0v) is 11.3. The molecule has 0 aliphatic heterocycles. The Bertz CT molecular complexity index is 446. The van der Waals surface area contributed by atoms with Crippen molar-refractivity contribution in [1.82, 2.24) is 5.32 Å². The zero-order valence-electron chi connectivity index (χ0n) is 11.3. The van der Waals surface area contributed by atoms with Gasteiger partial charge in [-0.15, -0.1) is 0 Å². The predicted molar refractivity (Wildman–Crippen MR) is 75.2 cm³/mol. The number of hydrogen-bond donors (Lipinski definition) is 3. The molecule has 2 aliphatic carbocycles. The first-order valence-electron chi connectivity index (χ1n) is 7.50. The molecule has 2 aliphatic rings. The Kier molecular flexibility index (Phi) is 3.76. The topological polar surface area (TPSA) is 52.5 Å². The average molecular weight is 261 g/mol. The van der Waals surface area contributed by atoms with Crippen LogP contribution in [-0.4, -0.2) is 22.4 Å². The number of phenolic OH excluding ortho intramolecular Hbond substituents is 1. The molecular formula is C16H23NO2. The van der Waals surface area contributed by atoms with Crippen molar-refractivity contribution in [3.05, 3.63) is 29.3 Å². The van der Waals surface area contributed by atoms with Crippen molar-refractivity contribution >= 4 is 0 Å². The predicted octanol–water partition coefficient (Wildman–Crippen LogP) is 2.66. The van der Waals surface area contributed by atoms with Crippen LogP contribution in [0.3, 0.4) is 0 Å². The van der Waals surface area contributed by atoms with Gasteiger partial charge in [0.2, 0.25) is 0 Å². The molecule has 3 unspecified atom stereocenters. The molecule has 19 heavy (non-hydrogen) atoms. The molecule has 0 bridgehead atoms. The first kappa shape index (κ1) is 12.9. The normalized spacial score (nSPS) is 30.9. The van der Waals surface area contributed by atoms with Crippen LogP contribution in [0.2, 0.25) is 0 Å². The molecule has 1 aromatic rings. The molecule has 3 rings (SSSR count). The molecule has 3 nitrogen and oxygen atoms in total. The second-order valence-electron chi connectivity index (χ2n) is 5.91. The Balaban J connectivity index is 1.73. The van der Waals surface area contributed by atoms with Gasteiger partial charge in [0, 0.05) is 12.1 Å². The van der Waals surface area contributed by atoms with Gasteiger partial charge in [-0.05, 0) is 42.9 Å². The van der Waals surface area contributed by atoms with Gasteiger partial charge in [0.25, 0.3) is 0 Å². The molecule has 0 spiro atoms. The maximum Gasteiger partial charge on any atom is 0.119 e. The first-order chi connectivity index (χ1) is 9.25. The van der Waals surface area contributed by atoms with Crippen molar-refractivity contribution < 1.29 is 10.2 Å². The molecular weight excluding hydrogens is 238 g/mol. The average Bonchev–Trinajstić information content (AvgIpc) is 2.70. The maximum absolute atomic E-state index is 10.2. The van der Waals surface area contributed by atoms with Crippen LogP contribution in [0.1, 0.15) is 55.7 Å². The van der Waals surface area contributed by atoms with E-state index in [0.29, 0.717) is 11.8 Å². The van der Waals surface area contributed by atoms with Gasteiger partial charge in [-0.25, -0.2) is 0 Å². The molecule has 3 heteroatoms. The summed E-state index contributed by atoms with van der Waals surface area (Å²) in [7, 11) is 0. The highest BCUT2D eigenvalue weighted by Gasteiger charge is 2.29. The Morgan fingerprint density at radius 2 is 1.89 bits per heavy atom. The van der Waals surface area contributed by atoms with E-state index in [9.17, 15) is 10.2 Å². The Morgan fingerprint density at radius 3 is 2.79 bits per heavy atom. The van der Waals surface area contributed by atoms with Gasteiger partial charge >= 0.3 is 0 Å². The van der Waals surface area contributed by atoms with Crippen LogP contribution in [0.5, 0.6) is 5.75 Å².